The molecule has 76 valence electrons. The van der Waals surface area contributed by atoms with Crippen LogP contribution in [0.5, 0.6) is 0 Å². The Kier molecular flexibility index (Phi) is 4.18. The molecule has 1 aromatic rings. The minimum atomic E-state index is 0.0204. The largest absolute Gasteiger partial charge is 0.409 e. The van der Waals surface area contributed by atoms with Crippen molar-refractivity contribution in [1.29, 1.82) is 0 Å². The van der Waals surface area contributed by atoms with E-state index in [9.17, 15) is 0 Å². The summed E-state index contributed by atoms with van der Waals surface area (Å²) in [6.07, 6.45) is 4.94. The molecule has 0 aromatic carbocycles. The second-order valence-electron chi connectivity index (χ2n) is 2.78. The van der Waals surface area contributed by atoms with E-state index in [0.29, 0.717) is 5.75 Å². The first-order chi connectivity index (χ1) is 6.74. The lowest BCUT2D eigenvalue weighted by Crippen LogP contribution is -2.22. The molecule has 1 rings (SSSR count). The van der Waals surface area contributed by atoms with E-state index in [0.717, 1.165) is 5.03 Å². The van der Waals surface area contributed by atoms with Crippen molar-refractivity contribution in [3.63, 3.8) is 0 Å². The molecule has 0 aliphatic heterocycles. The summed E-state index contributed by atoms with van der Waals surface area (Å²) in [5, 5.41) is 12.2. The van der Waals surface area contributed by atoms with Crippen molar-refractivity contribution in [3.05, 3.63) is 18.6 Å². The molecule has 0 fully saturated rings. The zero-order valence-electron chi connectivity index (χ0n) is 7.79. The summed E-state index contributed by atoms with van der Waals surface area (Å²) in [5.41, 5.74) is 5.43. The molecule has 3 N–H and O–H groups in total. The van der Waals surface area contributed by atoms with Crippen LogP contribution in [-0.2, 0) is 0 Å². The second kappa shape index (κ2) is 5.43. The molecule has 5 nitrogen and oxygen atoms in total. The fourth-order valence-corrected chi connectivity index (χ4v) is 1.62. The molecule has 0 radical (unpaired) electrons. The summed E-state index contributed by atoms with van der Waals surface area (Å²) >= 11 is 1.53. The Morgan fingerprint density at radius 2 is 2.50 bits per heavy atom. The molecule has 1 heterocycles. The van der Waals surface area contributed by atoms with Crippen LogP contribution in [0.25, 0.3) is 0 Å². The lowest BCUT2D eigenvalue weighted by atomic mass is 10.2. The van der Waals surface area contributed by atoms with Crippen molar-refractivity contribution in [3.8, 4) is 0 Å². The molecule has 0 aliphatic rings. The Balaban J connectivity index is 2.42. The Morgan fingerprint density at radius 3 is 3.07 bits per heavy atom. The van der Waals surface area contributed by atoms with Gasteiger partial charge < -0.3 is 10.9 Å². The number of thioether (sulfide) groups is 1. The van der Waals surface area contributed by atoms with Crippen molar-refractivity contribution in [1.82, 2.24) is 9.97 Å². The van der Waals surface area contributed by atoms with E-state index >= 15 is 0 Å². The van der Waals surface area contributed by atoms with Crippen LogP contribution in [0.1, 0.15) is 6.92 Å². The van der Waals surface area contributed by atoms with E-state index in [1.54, 1.807) is 18.6 Å². The molecule has 1 unspecified atom stereocenters. The highest BCUT2D eigenvalue weighted by molar-refractivity contribution is 7.99. The van der Waals surface area contributed by atoms with E-state index in [2.05, 4.69) is 15.1 Å². The molecule has 0 saturated carbocycles. The van der Waals surface area contributed by atoms with Crippen molar-refractivity contribution in [2.45, 2.75) is 11.9 Å². The van der Waals surface area contributed by atoms with Gasteiger partial charge in [-0.15, -0.1) is 11.8 Å². The molecule has 14 heavy (non-hydrogen) atoms. The van der Waals surface area contributed by atoms with E-state index in [1.165, 1.54) is 11.8 Å². The smallest absolute Gasteiger partial charge is 0.142 e. The Hall–Kier alpha value is -1.30. The van der Waals surface area contributed by atoms with Gasteiger partial charge in [0.25, 0.3) is 0 Å². The number of hydrogen-bond donors (Lipinski definition) is 2. The molecule has 1 atom stereocenters. The first-order valence-corrected chi connectivity index (χ1v) is 5.09. The highest BCUT2D eigenvalue weighted by Gasteiger charge is 2.08. The van der Waals surface area contributed by atoms with Gasteiger partial charge in [0, 0.05) is 24.1 Å². The number of nitrogens with zero attached hydrogens (tertiary/aromatic N) is 3. The van der Waals surface area contributed by atoms with Crippen molar-refractivity contribution in [2.75, 3.05) is 5.75 Å². The molecular formula is C8H12N4OS. The van der Waals surface area contributed by atoms with Gasteiger partial charge >= 0.3 is 0 Å². The maximum Gasteiger partial charge on any atom is 0.142 e. The average molecular weight is 212 g/mol. The third kappa shape index (κ3) is 3.21. The van der Waals surface area contributed by atoms with Gasteiger partial charge in [-0.05, 0) is 0 Å². The van der Waals surface area contributed by atoms with Gasteiger partial charge in [0.05, 0.1) is 6.20 Å². The van der Waals surface area contributed by atoms with Crippen LogP contribution in [0.2, 0.25) is 0 Å². The average Bonchev–Trinajstić information content (AvgIpc) is 2.26. The van der Waals surface area contributed by atoms with Gasteiger partial charge in [-0.3, -0.25) is 4.98 Å². The monoisotopic (exact) mass is 212 g/mol. The fourth-order valence-electron chi connectivity index (χ4n) is 0.754. The zero-order chi connectivity index (χ0) is 10.4. The van der Waals surface area contributed by atoms with E-state index in [1.807, 2.05) is 6.92 Å². The quantitative estimate of drug-likeness (QED) is 0.255. The first-order valence-electron chi connectivity index (χ1n) is 4.10. The van der Waals surface area contributed by atoms with Gasteiger partial charge in [-0.2, -0.15) is 0 Å². The standard InChI is InChI=1S/C8H12N4OS/c1-6(8(9)12-13)5-14-7-4-10-2-3-11-7/h2-4,6,13H,5H2,1H3,(H2,9,12). The van der Waals surface area contributed by atoms with E-state index in [4.69, 9.17) is 10.9 Å². The minimum absolute atomic E-state index is 0.0204. The number of amidine groups is 1. The summed E-state index contributed by atoms with van der Waals surface area (Å²) in [6.45, 7) is 1.89. The summed E-state index contributed by atoms with van der Waals surface area (Å²) in [4.78, 5) is 8.03. The number of nitrogens with two attached hydrogens (primary N) is 1. The molecular weight excluding hydrogens is 200 g/mol. The fraction of sp³-hybridized carbons (Fsp3) is 0.375. The van der Waals surface area contributed by atoms with Crippen LogP contribution in [0.15, 0.2) is 28.8 Å². The van der Waals surface area contributed by atoms with Gasteiger partial charge in [0.15, 0.2) is 0 Å². The second-order valence-corrected chi connectivity index (χ2v) is 3.82. The minimum Gasteiger partial charge on any atom is -0.409 e. The predicted molar refractivity (Wildman–Crippen MR) is 55.3 cm³/mol. The summed E-state index contributed by atoms with van der Waals surface area (Å²) in [5.74, 6) is 0.975. The summed E-state index contributed by atoms with van der Waals surface area (Å²) < 4.78 is 0. The van der Waals surface area contributed by atoms with Crippen LogP contribution in [-0.4, -0.2) is 26.8 Å². The van der Waals surface area contributed by atoms with Gasteiger partial charge in [-0.25, -0.2) is 4.98 Å². The third-order valence-electron chi connectivity index (χ3n) is 1.64. The lowest BCUT2D eigenvalue weighted by molar-refractivity contribution is 0.315. The number of oxime groups is 1. The van der Waals surface area contributed by atoms with Crippen LogP contribution >= 0.6 is 11.8 Å². The molecule has 0 amide bonds. The highest BCUT2D eigenvalue weighted by Crippen LogP contribution is 2.16. The SMILES string of the molecule is CC(CSc1cnccn1)C(N)=NO. The van der Waals surface area contributed by atoms with Crippen LogP contribution < -0.4 is 5.73 Å². The lowest BCUT2D eigenvalue weighted by Gasteiger charge is -2.07. The van der Waals surface area contributed by atoms with E-state index < -0.39 is 0 Å². The third-order valence-corrected chi connectivity index (χ3v) is 2.81. The topological polar surface area (TPSA) is 84.4 Å². The van der Waals surface area contributed by atoms with Crippen LogP contribution in [0, 0.1) is 5.92 Å². The Morgan fingerprint density at radius 1 is 1.71 bits per heavy atom. The normalized spacial score (nSPS) is 13.9. The zero-order valence-corrected chi connectivity index (χ0v) is 8.61. The van der Waals surface area contributed by atoms with Crippen LogP contribution in [0.3, 0.4) is 0 Å². The van der Waals surface area contributed by atoms with Crippen LogP contribution in [0.4, 0.5) is 0 Å². The predicted octanol–water partition coefficient (Wildman–Crippen LogP) is 0.951. The maximum absolute atomic E-state index is 8.43. The number of rotatable bonds is 4. The van der Waals surface area contributed by atoms with Crippen molar-refractivity contribution in [2.24, 2.45) is 16.8 Å². The maximum atomic E-state index is 8.43. The first kappa shape index (κ1) is 10.8. The van der Waals surface area contributed by atoms with E-state index in [-0.39, 0.29) is 11.8 Å². The van der Waals surface area contributed by atoms with Gasteiger partial charge in [0.2, 0.25) is 0 Å². The van der Waals surface area contributed by atoms with Crippen molar-refractivity contribution < 1.29 is 5.21 Å². The van der Waals surface area contributed by atoms with Crippen molar-refractivity contribution >= 4 is 17.6 Å². The van der Waals surface area contributed by atoms with Gasteiger partial charge in [0.1, 0.15) is 10.9 Å². The highest BCUT2D eigenvalue weighted by atomic mass is 32.2. The molecule has 0 aliphatic carbocycles. The number of aromatic nitrogens is 2. The van der Waals surface area contributed by atoms with Gasteiger partial charge in [-0.1, -0.05) is 12.1 Å². The molecule has 0 saturated heterocycles. The molecule has 0 bridgehead atoms. The summed E-state index contributed by atoms with van der Waals surface area (Å²) in [7, 11) is 0. The Labute approximate surface area is 86.4 Å². The summed E-state index contributed by atoms with van der Waals surface area (Å²) in [6, 6.07) is 0. The molecule has 1 aromatic heterocycles. The molecule has 6 heteroatoms. The molecule has 0 spiro atoms. The Bertz CT molecular complexity index is 303. The number of hydrogen-bond acceptors (Lipinski definition) is 5.